The van der Waals surface area contributed by atoms with Crippen molar-refractivity contribution in [1.29, 1.82) is 0 Å². The first-order valence-electron chi connectivity index (χ1n) is 5.60. The predicted molar refractivity (Wildman–Crippen MR) is 65.9 cm³/mol. The van der Waals surface area contributed by atoms with Crippen LogP contribution in [-0.2, 0) is 4.79 Å². The van der Waals surface area contributed by atoms with Crippen molar-refractivity contribution in [2.75, 3.05) is 5.32 Å². The number of anilines is 1. The predicted octanol–water partition coefficient (Wildman–Crippen LogP) is 3.13. The maximum absolute atomic E-state index is 11.2. The van der Waals surface area contributed by atoms with Crippen LogP contribution in [0.15, 0.2) is 18.2 Å². The van der Waals surface area contributed by atoms with Crippen molar-refractivity contribution in [3.8, 4) is 5.75 Å². The first-order valence-corrected chi connectivity index (χ1v) is 5.60. The quantitative estimate of drug-likeness (QED) is 0.848. The van der Waals surface area contributed by atoms with Gasteiger partial charge in [-0.05, 0) is 44.5 Å². The zero-order valence-electron chi connectivity index (χ0n) is 10.3. The molecule has 1 aromatic carbocycles. The van der Waals surface area contributed by atoms with Crippen LogP contribution in [0.1, 0.15) is 32.8 Å². The highest BCUT2D eigenvalue weighted by molar-refractivity contribution is 5.90. The van der Waals surface area contributed by atoms with Gasteiger partial charge in [0, 0.05) is 12.1 Å². The van der Waals surface area contributed by atoms with Gasteiger partial charge in [0.25, 0.3) is 0 Å². The molecule has 1 amide bonds. The maximum atomic E-state index is 11.2. The van der Waals surface area contributed by atoms with E-state index in [2.05, 4.69) is 5.32 Å². The summed E-state index contributed by atoms with van der Waals surface area (Å²) < 4.78 is 5.62. The van der Waals surface area contributed by atoms with Crippen molar-refractivity contribution in [1.82, 2.24) is 0 Å². The van der Waals surface area contributed by atoms with E-state index in [1.54, 1.807) is 0 Å². The minimum absolute atomic E-state index is 0.0249. The van der Waals surface area contributed by atoms with Crippen LogP contribution in [0.25, 0.3) is 0 Å². The third-order valence-electron chi connectivity index (χ3n) is 2.14. The van der Waals surface area contributed by atoms with Crippen LogP contribution in [0.5, 0.6) is 5.75 Å². The van der Waals surface area contributed by atoms with Crippen LogP contribution in [0.3, 0.4) is 0 Å². The highest BCUT2D eigenvalue weighted by atomic mass is 16.5. The van der Waals surface area contributed by atoms with Gasteiger partial charge in [-0.15, -0.1) is 0 Å². The molecule has 0 bridgehead atoms. The van der Waals surface area contributed by atoms with Crippen LogP contribution in [0, 0.1) is 6.92 Å². The number of nitrogens with one attached hydrogen (secondary N) is 1. The lowest BCUT2D eigenvalue weighted by Gasteiger charge is -2.13. The molecule has 0 aliphatic carbocycles. The summed E-state index contributed by atoms with van der Waals surface area (Å²) >= 11 is 0. The Kier molecular flexibility index (Phi) is 4.35. The van der Waals surface area contributed by atoms with Crippen LogP contribution < -0.4 is 10.1 Å². The molecule has 1 rings (SSSR count). The second-order valence-electron chi connectivity index (χ2n) is 4.05. The van der Waals surface area contributed by atoms with Crippen LogP contribution >= 0.6 is 0 Å². The molecule has 3 heteroatoms. The Hall–Kier alpha value is -1.51. The molecule has 16 heavy (non-hydrogen) atoms. The van der Waals surface area contributed by atoms with Crippen LogP contribution in [-0.4, -0.2) is 12.0 Å². The molecule has 0 spiro atoms. The van der Waals surface area contributed by atoms with Gasteiger partial charge in [0.1, 0.15) is 5.75 Å². The minimum atomic E-state index is 0.0249. The van der Waals surface area contributed by atoms with Crippen LogP contribution in [0.4, 0.5) is 5.69 Å². The van der Waals surface area contributed by atoms with Crippen molar-refractivity contribution in [3.63, 3.8) is 0 Å². The fourth-order valence-electron chi connectivity index (χ4n) is 1.36. The van der Waals surface area contributed by atoms with Crippen molar-refractivity contribution in [2.24, 2.45) is 0 Å². The summed E-state index contributed by atoms with van der Waals surface area (Å²) in [4.78, 5) is 11.2. The summed E-state index contributed by atoms with van der Waals surface area (Å²) in [5.74, 6) is 0.890. The molecule has 0 aliphatic heterocycles. The average molecular weight is 221 g/mol. The first-order chi connectivity index (χ1) is 7.52. The van der Waals surface area contributed by atoms with Gasteiger partial charge in [-0.2, -0.15) is 0 Å². The summed E-state index contributed by atoms with van der Waals surface area (Å²) in [6.45, 7) is 7.79. The highest BCUT2D eigenvalue weighted by Gasteiger charge is 2.04. The van der Waals surface area contributed by atoms with E-state index in [1.807, 2.05) is 45.9 Å². The van der Waals surface area contributed by atoms with Crippen molar-refractivity contribution < 1.29 is 9.53 Å². The molecule has 0 aromatic heterocycles. The van der Waals surface area contributed by atoms with Crippen LogP contribution in [0.2, 0.25) is 0 Å². The van der Waals surface area contributed by atoms with E-state index in [1.165, 1.54) is 0 Å². The molecule has 1 N–H and O–H groups in total. The van der Waals surface area contributed by atoms with Crippen molar-refractivity contribution in [3.05, 3.63) is 23.8 Å². The number of aryl methyl sites for hydroxylation is 1. The molecular formula is C13H19NO2. The largest absolute Gasteiger partial charge is 0.491 e. The molecule has 0 atom stereocenters. The molecule has 1 aromatic rings. The van der Waals surface area contributed by atoms with E-state index in [0.717, 1.165) is 17.0 Å². The molecular weight excluding hydrogens is 202 g/mol. The number of carbonyl (C=O) groups is 1. The van der Waals surface area contributed by atoms with Gasteiger partial charge < -0.3 is 10.1 Å². The zero-order valence-corrected chi connectivity index (χ0v) is 10.3. The normalized spacial score (nSPS) is 10.3. The van der Waals surface area contributed by atoms with E-state index < -0.39 is 0 Å². The molecule has 0 aliphatic rings. The summed E-state index contributed by atoms with van der Waals surface area (Å²) in [5, 5.41) is 2.82. The van der Waals surface area contributed by atoms with E-state index in [-0.39, 0.29) is 12.0 Å². The third-order valence-corrected chi connectivity index (χ3v) is 2.14. The Bertz CT molecular complexity index is 372. The fourth-order valence-corrected chi connectivity index (χ4v) is 1.36. The molecule has 0 radical (unpaired) electrons. The third kappa shape index (κ3) is 3.57. The summed E-state index contributed by atoms with van der Waals surface area (Å²) in [6, 6.07) is 5.67. The molecule has 3 nitrogen and oxygen atoms in total. The van der Waals surface area contributed by atoms with Gasteiger partial charge in [-0.1, -0.05) is 6.92 Å². The van der Waals surface area contributed by atoms with Crippen molar-refractivity contribution in [2.45, 2.75) is 40.2 Å². The minimum Gasteiger partial charge on any atom is -0.491 e. The lowest BCUT2D eigenvalue weighted by molar-refractivity contribution is -0.115. The van der Waals surface area contributed by atoms with Crippen molar-refractivity contribution >= 4 is 11.6 Å². The van der Waals surface area contributed by atoms with Gasteiger partial charge in [-0.25, -0.2) is 0 Å². The Morgan fingerprint density at radius 3 is 2.62 bits per heavy atom. The average Bonchev–Trinajstić information content (AvgIpc) is 2.21. The monoisotopic (exact) mass is 221 g/mol. The smallest absolute Gasteiger partial charge is 0.224 e. The summed E-state index contributed by atoms with van der Waals surface area (Å²) in [7, 11) is 0. The lowest BCUT2D eigenvalue weighted by Crippen LogP contribution is -2.10. The Morgan fingerprint density at radius 1 is 1.44 bits per heavy atom. The summed E-state index contributed by atoms with van der Waals surface area (Å²) in [5.41, 5.74) is 1.85. The lowest BCUT2D eigenvalue weighted by atomic mass is 10.2. The van der Waals surface area contributed by atoms with E-state index in [0.29, 0.717) is 6.42 Å². The second kappa shape index (κ2) is 5.54. The number of hydrogen-bond acceptors (Lipinski definition) is 2. The molecule has 0 fully saturated rings. The Morgan fingerprint density at radius 2 is 2.12 bits per heavy atom. The zero-order chi connectivity index (χ0) is 12.1. The van der Waals surface area contributed by atoms with Gasteiger partial charge >= 0.3 is 0 Å². The molecule has 0 saturated carbocycles. The number of rotatable bonds is 4. The molecule has 0 unspecified atom stereocenters. The molecule has 0 heterocycles. The number of hydrogen-bond donors (Lipinski definition) is 1. The number of benzene rings is 1. The first kappa shape index (κ1) is 12.6. The van der Waals surface area contributed by atoms with Gasteiger partial charge in [0.05, 0.1) is 6.10 Å². The standard InChI is InChI=1S/C13H19NO2/c1-5-13(15)14-11-6-7-12(10(4)8-11)16-9(2)3/h6-9H,5H2,1-4H3,(H,14,15). The molecule has 88 valence electrons. The molecule has 0 saturated heterocycles. The Labute approximate surface area is 96.8 Å². The summed E-state index contributed by atoms with van der Waals surface area (Å²) in [6.07, 6.45) is 0.651. The van der Waals surface area contributed by atoms with Gasteiger partial charge in [-0.3, -0.25) is 4.79 Å². The number of amides is 1. The highest BCUT2D eigenvalue weighted by Crippen LogP contribution is 2.22. The van der Waals surface area contributed by atoms with E-state index >= 15 is 0 Å². The van der Waals surface area contributed by atoms with Gasteiger partial charge in [0.15, 0.2) is 0 Å². The maximum Gasteiger partial charge on any atom is 0.224 e. The van der Waals surface area contributed by atoms with Gasteiger partial charge in [0.2, 0.25) is 5.91 Å². The topological polar surface area (TPSA) is 38.3 Å². The fraction of sp³-hybridized carbons (Fsp3) is 0.462. The Balaban J connectivity index is 2.78. The number of carbonyl (C=O) groups excluding carboxylic acids is 1. The van der Waals surface area contributed by atoms with E-state index in [4.69, 9.17) is 4.74 Å². The second-order valence-corrected chi connectivity index (χ2v) is 4.05. The SMILES string of the molecule is CCC(=O)Nc1ccc(OC(C)C)c(C)c1. The van der Waals surface area contributed by atoms with E-state index in [9.17, 15) is 4.79 Å². The number of ether oxygens (including phenoxy) is 1.